The van der Waals surface area contributed by atoms with E-state index >= 15 is 0 Å². The molecule has 2 unspecified atom stereocenters. The van der Waals surface area contributed by atoms with Crippen LogP contribution in [0, 0.1) is 5.92 Å². The average molecular weight is 226 g/mol. The van der Waals surface area contributed by atoms with Gasteiger partial charge in [-0.2, -0.15) is 0 Å². The minimum absolute atomic E-state index is 0.0696. The van der Waals surface area contributed by atoms with Crippen LogP contribution in [0.25, 0.3) is 0 Å². The highest BCUT2D eigenvalue weighted by atomic mass is 16.3. The van der Waals surface area contributed by atoms with Crippen molar-refractivity contribution < 1.29 is 5.11 Å². The van der Waals surface area contributed by atoms with Crippen LogP contribution in [0.4, 0.5) is 0 Å². The molecule has 2 atom stereocenters. The fraction of sp³-hybridized carbons (Fsp3) is 1.00. The van der Waals surface area contributed by atoms with E-state index in [9.17, 15) is 5.11 Å². The van der Waals surface area contributed by atoms with Gasteiger partial charge >= 0.3 is 0 Å². The second-order valence-corrected chi connectivity index (χ2v) is 5.48. The highest BCUT2D eigenvalue weighted by Crippen LogP contribution is 2.28. The third kappa shape index (κ3) is 2.96. The molecule has 2 aliphatic rings. The first kappa shape index (κ1) is 12.3. The summed E-state index contributed by atoms with van der Waals surface area (Å²) in [6.07, 6.45) is 8.38. The summed E-state index contributed by atoms with van der Waals surface area (Å²) in [5.41, 5.74) is 5.61. The zero-order valence-electron chi connectivity index (χ0n) is 10.3. The maximum atomic E-state index is 10.0. The lowest BCUT2D eigenvalue weighted by molar-refractivity contribution is 0.00362. The smallest absolute Gasteiger partial charge is 0.0695 e. The van der Waals surface area contributed by atoms with E-state index in [4.69, 9.17) is 5.73 Å². The molecule has 0 aromatic carbocycles. The van der Waals surface area contributed by atoms with E-state index in [0.717, 1.165) is 18.9 Å². The maximum absolute atomic E-state index is 10.0. The fourth-order valence-electron chi connectivity index (χ4n) is 3.33. The Balaban J connectivity index is 1.79. The molecule has 1 aliphatic carbocycles. The molecule has 0 spiro atoms. The number of aliphatic hydroxyl groups excluding tert-OH is 1. The summed E-state index contributed by atoms with van der Waals surface area (Å²) in [5.74, 6) is 0.835. The van der Waals surface area contributed by atoms with Gasteiger partial charge in [-0.25, -0.2) is 0 Å². The van der Waals surface area contributed by atoms with Crippen molar-refractivity contribution in [1.29, 1.82) is 0 Å². The predicted molar refractivity (Wildman–Crippen MR) is 66.2 cm³/mol. The van der Waals surface area contributed by atoms with Crippen molar-refractivity contribution in [1.82, 2.24) is 4.90 Å². The number of aliphatic hydroxyl groups is 1. The fourth-order valence-corrected chi connectivity index (χ4v) is 3.33. The van der Waals surface area contributed by atoms with E-state index in [2.05, 4.69) is 4.90 Å². The summed E-state index contributed by atoms with van der Waals surface area (Å²) in [6, 6.07) is 0.451. The molecule has 0 aromatic heterocycles. The second kappa shape index (κ2) is 5.99. The molecule has 2 fully saturated rings. The third-order valence-electron chi connectivity index (χ3n) is 4.39. The van der Waals surface area contributed by atoms with Crippen molar-refractivity contribution >= 4 is 0 Å². The molecule has 0 amide bonds. The Morgan fingerprint density at radius 3 is 2.38 bits per heavy atom. The van der Waals surface area contributed by atoms with Crippen LogP contribution in [-0.2, 0) is 0 Å². The first-order valence-corrected chi connectivity index (χ1v) is 6.93. The summed E-state index contributed by atoms with van der Waals surface area (Å²) in [6.45, 7) is 3.18. The zero-order valence-corrected chi connectivity index (χ0v) is 10.3. The Morgan fingerprint density at radius 2 is 1.75 bits per heavy atom. The lowest BCUT2D eigenvalue weighted by atomic mass is 9.87. The quantitative estimate of drug-likeness (QED) is 0.764. The van der Waals surface area contributed by atoms with E-state index in [0.29, 0.717) is 6.04 Å². The van der Waals surface area contributed by atoms with Crippen LogP contribution >= 0.6 is 0 Å². The summed E-state index contributed by atoms with van der Waals surface area (Å²) in [4.78, 5) is 2.52. The molecule has 1 heterocycles. The van der Waals surface area contributed by atoms with E-state index in [1.165, 1.54) is 51.6 Å². The minimum atomic E-state index is -0.0696. The Morgan fingerprint density at radius 1 is 1.06 bits per heavy atom. The monoisotopic (exact) mass is 226 g/mol. The SMILES string of the molecule is NCCC1CCN(C2CCCCC2O)CC1. The molecule has 0 bridgehead atoms. The van der Waals surface area contributed by atoms with Gasteiger partial charge in [0.25, 0.3) is 0 Å². The number of nitrogens with zero attached hydrogens (tertiary/aromatic N) is 1. The molecule has 16 heavy (non-hydrogen) atoms. The van der Waals surface area contributed by atoms with E-state index < -0.39 is 0 Å². The maximum Gasteiger partial charge on any atom is 0.0695 e. The van der Waals surface area contributed by atoms with E-state index in [-0.39, 0.29) is 6.10 Å². The first-order valence-electron chi connectivity index (χ1n) is 6.93. The van der Waals surface area contributed by atoms with Gasteiger partial charge in [0.15, 0.2) is 0 Å². The number of piperidine rings is 1. The van der Waals surface area contributed by atoms with Gasteiger partial charge in [0.1, 0.15) is 0 Å². The second-order valence-electron chi connectivity index (χ2n) is 5.48. The van der Waals surface area contributed by atoms with Crippen molar-refractivity contribution in [3.8, 4) is 0 Å². The molecule has 3 nitrogen and oxygen atoms in total. The topological polar surface area (TPSA) is 49.5 Å². The Kier molecular flexibility index (Phi) is 4.62. The third-order valence-corrected chi connectivity index (χ3v) is 4.39. The average Bonchev–Trinajstić information content (AvgIpc) is 2.31. The molecule has 0 radical (unpaired) electrons. The van der Waals surface area contributed by atoms with E-state index in [1.807, 2.05) is 0 Å². The van der Waals surface area contributed by atoms with Crippen molar-refractivity contribution in [3.05, 3.63) is 0 Å². The zero-order chi connectivity index (χ0) is 11.4. The number of rotatable bonds is 3. The van der Waals surface area contributed by atoms with Gasteiger partial charge < -0.3 is 10.8 Å². The number of nitrogens with two attached hydrogens (primary N) is 1. The van der Waals surface area contributed by atoms with Gasteiger partial charge in [0.05, 0.1) is 6.10 Å². The Hall–Kier alpha value is -0.120. The highest BCUT2D eigenvalue weighted by Gasteiger charge is 2.30. The molecular formula is C13H26N2O. The predicted octanol–water partition coefficient (Wildman–Crippen LogP) is 1.35. The molecule has 1 saturated heterocycles. The molecule has 3 heteroatoms. The van der Waals surface area contributed by atoms with Crippen LogP contribution in [0.15, 0.2) is 0 Å². The molecular weight excluding hydrogens is 200 g/mol. The first-order chi connectivity index (χ1) is 7.81. The van der Waals surface area contributed by atoms with Crippen molar-refractivity contribution in [2.45, 2.75) is 57.1 Å². The molecule has 0 aromatic rings. The summed E-state index contributed by atoms with van der Waals surface area (Å²) in [7, 11) is 0. The van der Waals surface area contributed by atoms with Gasteiger partial charge in [-0.3, -0.25) is 4.90 Å². The summed E-state index contributed by atoms with van der Waals surface area (Å²) < 4.78 is 0. The van der Waals surface area contributed by atoms with Crippen LogP contribution in [0.5, 0.6) is 0 Å². The number of hydrogen-bond donors (Lipinski definition) is 2. The number of likely N-dealkylation sites (tertiary alicyclic amines) is 1. The van der Waals surface area contributed by atoms with Crippen LogP contribution in [-0.4, -0.2) is 41.8 Å². The van der Waals surface area contributed by atoms with E-state index in [1.54, 1.807) is 0 Å². The van der Waals surface area contributed by atoms with Gasteiger partial charge in [-0.15, -0.1) is 0 Å². The lowest BCUT2D eigenvalue weighted by Crippen LogP contribution is -2.48. The lowest BCUT2D eigenvalue weighted by Gasteiger charge is -2.41. The van der Waals surface area contributed by atoms with Gasteiger partial charge in [0.2, 0.25) is 0 Å². The Labute approximate surface area is 99.0 Å². The highest BCUT2D eigenvalue weighted by molar-refractivity contribution is 4.85. The molecule has 94 valence electrons. The van der Waals surface area contributed by atoms with Crippen molar-refractivity contribution in [2.24, 2.45) is 11.7 Å². The van der Waals surface area contributed by atoms with Gasteiger partial charge in [-0.1, -0.05) is 12.8 Å². The summed E-state index contributed by atoms with van der Waals surface area (Å²) in [5, 5.41) is 10.0. The standard InChI is InChI=1S/C13H26N2O/c14-8-5-11-6-9-15(10-7-11)12-3-1-2-4-13(12)16/h11-13,16H,1-10,14H2. The van der Waals surface area contributed by atoms with Crippen LogP contribution in [0.3, 0.4) is 0 Å². The molecule has 3 N–H and O–H groups in total. The molecule has 1 aliphatic heterocycles. The van der Waals surface area contributed by atoms with Crippen molar-refractivity contribution in [3.63, 3.8) is 0 Å². The molecule has 2 rings (SSSR count). The largest absolute Gasteiger partial charge is 0.391 e. The van der Waals surface area contributed by atoms with Crippen LogP contribution in [0.2, 0.25) is 0 Å². The number of hydrogen-bond acceptors (Lipinski definition) is 3. The van der Waals surface area contributed by atoms with Crippen LogP contribution in [0.1, 0.15) is 44.9 Å². The van der Waals surface area contributed by atoms with Gasteiger partial charge in [-0.05, 0) is 57.7 Å². The molecule has 1 saturated carbocycles. The normalized spacial score (nSPS) is 34.1. The summed E-state index contributed by atoms with van der Waals surface area (Å²) >= 11 is 0. The van der Waals surface area contributed by atoms with Crippen molar-refractivity contribution in [2.75, 3.05) is 19.6 Å². The van der Waals surface area contributed by atoms with Crippen LogP contribution < -0.4 is 5.73 Å². The minimum Gasteiger partial charge on any atom is -0.391 e. The Bertz CT molecular complexity index is 202. The van der Waals surface area contributed by atoms with Gasteiger partial charge in [0, 0.05) is 6.04 Å².